The predicted molar refractivity (Wildman–Crippen MR) is 113 cm³/mol. The fourth-order valence-electron chi connectivity index (χ4n) is 3.92. The van der Waals surface area contributed by atoms with E-state index in [1.54, 1.807) is 0 Å². The molecule has 0 atom stereocenters. The van der Waals surface area contributed by atoms with E-state index >= 15 is 0 Å². The van der Waals surface area contributed by atoms with Crippen molar-refractivity contribution in [3.05, 3.63) is 71.3 Å². The molecule has 1 aliphatic carbocycles. The van der Waals surface area contributed by atoms with Crippen LogP contribution in [0.3, 0.4) is 0 Å². The Hall–Kier alpha value is -2.40. The summed E-state index contributed by atoms with van der Waals surface area (Å²) in [5.41, 5.74) is 3.39. The van der Waals surface area contributed by atoms with Crippen molar-refractivity contribution in [1.82, 2.24) is 9.97 Å². The third-order valence-electron chi connectivity index (χ3n) is 5.52. The molecule has 140 valence electrons. The monoisotopic (exact) mass is 358 g/mol. The Kier molecular flexibility index (Phi) is 7.22. The molecule has 1 aromatic heterocycles. The molecule has 2 nitrogen and oxygen atoms in total. The molecule has 2 aromatic rings. The molecule has 1 saturated carbocycles. The first-order valence-corrected chi connectivity index (χ1v) is 10.3. The van der Waals surface area contributed by atoms with E-state index in [1.165, 1.54) is 44.1 Å². The number of allylic oxidation sites excluding steroid dienone is 2. The van der Waals surface area contributed by atoms with Gasteiger partial charge in [0.25, 0.3) is 0 Å². The summed E-state index contributed by atoms with van der Waals surface area (Å²) in [5.74, 6) is 8.93. The van der Waals surface area contributed by atoms with Gasteiger partial charge in [-0.2, -0.15) is 0 Å². The van der Waals surface area contributed by atoms with Gasteiger partial charge in [0.1, 0.15) is 5.82 Å². The number of hydrogen-bond donors (Lipinski definition) is 0. The van der Waals surface area contributed by atoms with Crippen LogP contribution in [0.4, 0.5) is 0 Å². The molecule has 1 aliphatic rings. The van der Waals surface area contributed by atoms with Gasteiger partial charge in [0.2, 0.25) is 0 Å². The zero-order valence-electron chi connectivity index (χ0n) is 16.6. The van der Waals surface area contributed by atoms with E-state index in [1.807, 2.05) is 25.4 Å². The molecule has 0 unspecified atom stereocenters. The van der Waals surface area contributed by atoms with Crippen molar-refractivity contribution in [2.75, 3.05) is 0 Å². The summed E-state index contributed by atoms with van der Waals surface area (Å²) in [7, 11) is 0. The minimum Gasteiger partial charge on any atom is -0.240 e. The van der Waals surface area contributed by atoms with Gasteiger partial charge in [0.15, 0.2) is 0 Å². The Morgan fingerprint density at radius 3 is 2.26 bits per heavy atom. The smallest absolute Gasteiger partial charge is 0.132 e. The molecule has 0 spiro atoms. The van der Waals surface area contributed by atoms with E-state index in [-0.39, 0.29) is 0 Å². The Labute approximate surface area is 164 Å². The van der Waals surface area contributed by atoms with Crippen molar-refractivity contribution < 1.29 is 0 Å². The highest BCUT2D eigenvalue weighted by Crippen LogP contribution is 2.37. The van der Waals surface area contributed by atoms with Crippen molar-refractivity contribution in [1.29, 1.82) is 0 Å². The summed E-state index contributed by atoms with van der Waals surface area (Å²) < 4.78 is 0. The third kappa shape index (κ3) is 5.79. The number of nitrogens with zero attached hydrogens (tertiary/aromatic N) is 2. The minimum atomic E-state index is 0.734. The fourth-order valence-corrected chi connectivity index (χ4v) is 3.92. The molecule has 0 bridgehead atoms. The van der Waals surface area contributed by atoms with Crippen molar-refractivity contribution in [2.45, 2.75) is 64.7 Å². The topological polar surface area (TPSA) is 25.8 Å². The lowest BCUT2D eigenvalue weighted by Gasteiger charge is -2.28. The molecule has 1 heterocycles. The lowest BCUT2D eigenvalue weighted by Crippen LogP contribution is -2.13. The predicted octanol–water partition coefficient (Wildman–Crippen LogP) is 6.07. The van der Waals surface area contributed by atoms with E-state index in [0.717, 1.165) is 35.2 Å². The van der Waals surface area contributed by atoms with Crippen LogP contribution in [-0.4, -0.2) is 9.97 Å². The second-order valence-electron chi connectivity index (χ2n) is 7.54. The second-order valence-corrected chi connectivity index (χ2v) is 7.54. The van der Waals surface area contributed by atoms with Gasteiger partial charge in [0, 0.05) is 24.4 Å². The lowest BCUT2D eigenvalue weighted by molar-refractivity contribution is 0.308. The number of aromatic nitrogens is 2. The Bertz CT molecular complexity index is 783. The van der Waals surface area contributed by atoms with E-state index in [4.69, 9.17) is 0 Å². The van der Waals surface area contributed by atoms with E-state index in [9.17, 15) is 0 Å². The van der Waals surface area contributed by atoms with Gasteiger partial charge in [-0.25, -0.2) is 9.97 Å². The van der Waals surface area contributed by atoms with Gasteiger partial charge in [-0.1, -0.05) is 55.9 Å². The average molecular weight is 359 g/mol. The van der Waals surface area contributed by atoms with Crippen molar-refractivity contribution >= 4 is 0 Å². The molecule has 0 N–H and O–H groups in total. The van der Waals surface area contributed by atoms with E-state index in [0.29, 0.717) is 0 Å². The van der Waals surface area contributed by atoms with Crippen molar-refractivity contribution in [2.24, 2.45) is 5.92 Å². The number of rotatable bonds is 5. The quantitative estimate of drug-likeness (QED) is 0.479. The zero-order chi connectivity index (χ0) is 18.9. The van der Waals surface area contributed by atoms with Crippen molar-refractivity contribution in [3.63, 3.8) is 0 Å². The molecule has 2 heteroatoms. The molecule has 0 radical (unpaired) electrons. The number of benzene rings is 1. The van der Waals surface area contributed by atoms with Gasteiger partial charge < -0.3 is 0 Å². The second kappa shape index (κ2) is 10.1. The minimum absolute atomic E-state index is 0.734. The van der Waals surface area contributed by atoms with E-state index in [2.05, 4.69) is 59.1 Å². The summed E-state index contributed by atoms with van der Waals surface area (Å²) in [6, 6.07) is 8.85. The van der Waals surface area contributed by atoms with Gasteiger partial charge >= 0.3 is 0 Å². The van der Waals surface area contributed by atoms with Crippen LogP contribution in [0, 0.1) is 17.8 Å². The largest absolute Gasteiger partial charge is 0.240 e. The molecule has 0 saturated heterocycles. The molecule has 1 aromatic carbocycles. The van der Waals surface area contributed by atoms with Crippen LogP contribution in [0.5, 0.6) is 0 Å². The Morgan fingerprint density at radius 1 is 0.963 bits per heavy atom. The van der Waals surface area contributed by atoms with Crippen LogP contribution < -0.4 is 0 Å². The maximum atomic E-state index is 4.36. The fraction of sp³-hybridized carbons (Fsp3) is 0.440. The molecular weight excluding hydrogens is 328 g/mol. The van der Waals surface area contributed by atoms with Crippen LogP contribution in [0.1, 0.15) is 80.8 Å². The van der Waals surface area contributed by atoms with Crippen LogP contribution in [0.2, 0.25) is 0 Å². The maximum Gasteiger partial charge on any atom is 0.132 e. The van der Waals surface area contributed by atoms with E-state index < -0.39 is 0 Å². The van der Waals surface area contributed by atoms with Gasteiger partial charge in [-0.3, -0.25) is 0 Å². The standard InChI is InChI=1S/C25H30N2/c1-3-5-7-25-26-18-22(19-27-25)9-8-21-12-16-24(17-13-21)23-14-10-20(6-4-2)11-15-23/h3,5,12-13,16-20,23H,4,6-7,10-11,14-15H2,1-2H3/b5-3+. The first-order chi connectivity index (χ1) is 13.3. The highest BCUT2D eigenvalue weighted by molar-refractivity contribution is 5.42. The van der Waals surface area contributed by atoms with Crippen LogP contribution in [-0.2, 0) is 6.42 Å². The van der Waals surface area contributed by atoms with Gasteiger partial charge in [-0.15, -0.1) is 0 Å². The van der Waals surface area contributed by atoms with Crippen molar-refractivity contribution in [3.8, 4) is 11.8 Å². The highest BCUT2D eigenvalue weighted by Gasteiger charge is 2.21. The third-order valence-corrected chi connectivity index (χ3v) is 5.52. The molecule has 1 fully saturated rings. The molecule has 0 amide bonds. The first kappa shape index (κ1) is 19.4. The lowest BCUT2D eigenvalue weighted by atomic mass is 9.77. The molecular formula is C25H30N2. The summed E-state index contributed by atoms with van der Waals surface area (Å²) in [6.45, 7) is 4.30. The van der Waals surface area contributed by atoms with Crippen LogP contribution in [0.25, 0.3) is 0 Å². The molecule has 3 rings (SSSR count). The highest BCUT2D eigenvalue weighted by atomic mass is 14.9. The number of hydrogen-bond acceptors (Lipinski definition) is 2. The zero-order valence-corrected chi connectivity index (χ0v) is 16.6. The average Bonchev–Trinajstić information content (AvgIpc) is 2.73. The summed E-state index contributed by atoms with van der Waals surface area (Å²) in [5, 5.41) is 0. The summed E-state index contributed by atoms with van der Waals surface area (Å²) in [4.78, 5) is 8.72. The Balaban J connectivity index is 1.58. The summed E-state index contributed by atoms with van der Waals surface area (Å²) in [6.07, 6.45) is 16.6. The summed E-state index contributed by atoms with van der Waals surface area (Å²) >= 11 is 0. The van der Waals surface area contributed by atoms with Crippen LogP contribution in [0.15, 0.2) is 48.8 Å². The SMILES string of the molecule is C/C=C/Cc1ncc(C#Cc2ccc(C3CCC(CCC)CC3)cc2)cn1. The molecule has 27 heavy (non-hydrogen) atoms. The normalized spacial score (nSPS) is 19.6. The Morgan fingerprint density at radius 2 is 1.63 bits per heavy atom. The van der Waals surface area contributed by atoms with Crippen LogP contribution >= 0.6 is 0 Å². The maximum absolute atomic E-state index is 4.36. The van der Waals surface area contributed by atoms with Gasteiger partial charge in [-0.05, 0) is 62.1 Å². The first-order valence-electron chi connectivity index (χ1n) is 10.3. The van der Waals surface area contributed by atoms with Gasteiger partial charge in [0.05, 0.1) is 5.56 Å². The molecule has 0 aliphatic heterocycles.